The quantitative estimate of drug-likeness (QED) is 0.644. The summed E-state index contributed by atoms with van der Waals surface area (Å²) in [6.07, 6.45) is 3.12. The molecule has 1 saturated heterocycles. The van der Waals surface area contributed by atoms with Crippen LogP contribution in [0, 0.1) is 11.8 Å². The molecular formula is C9H17NO. The molecule has 1 fully saturated rings. The van der Waals surface area contributed by atoms with Crippen molar-refractivity contribution in [2.24, 2.45) is 11.8 Å². The van der Waals surface area contributed by atoms with Gasteiger partial charge in [-0.2, -0.15) is 0 Å². The third-order valence-corrected chi connectivity index (χ3v) is 2.15. The van der Waals surface area contributed by atoms with E-state index in [2.05, 4.69) is 19.2 Å². The van der Waals surface area contributed by atoms with Gasteiger partial charge in [-0.15, -0.1) is 0 Å². The predicted molar refractivity (Wildman–Crippen MR) is 45.2 cm³/mol. The van der Waals surface area contributed by atoms with Gasteiger partial charge in [-0.05, 0) is 24.7 Å². The molecule has 1 aliphatic heterocycles. The molecule has 1 amide bonds. The first-order valence-corrected chi connectivity index (χ1v) is 4.45. The second kappa shape index (κ2) is 3.74. The number of hydrogen-bond acceptors (Lipinski definition) is 1. The van der Waals surface area contributed by atoms with Crippen LogP contribution >= 0.6 is 0 Å². The van der Waals surface area contributed by atoms with Gasteiger partial charge in [0, 0.05) is 13.0 Å². The van der Waals surface area contributed by atoms with E-state index in [-0.39, 0.29) is 5.91 Å². The van der Waals surface area contributed by atoms with E-state index in [1.807, 2.05) is 0 Å². The molecule has 0 radical (unpaired) electrons. The van der Waals surface area contributed by atoms with Crippen LogP contribution in [-0.4, -0.2) is 12.5 Å². The summed E-state index contributed by atoms with van der Waals surface area (Å²) in [5.74, 6) is 1.61. The maximum atomic E-state index is 10.9. The Morgan fingerprint density at radius 1 is 1.64 bits per heavy atom. The highest BCUT2D eigenvalue weighted by molar-refractivity contribution is 5.76. The van der Waals surface area contributed by atoms with Crippen LogP contribution in [-0.2, 0) is 4.79 Å². The normalized spacial score (nSPS) is 25.4. The fourth-order valence-corrected chi connectivity index (χ4v) is 1.72. The third kappa shape index (κ3) is 2.91. The van der Waals surface area contributed by atoms with E-state index in [0.717, 1.165) is 18.9 Å². The molecule has 0 aromatic carbocycles. The number of hydrogen-bond donors (Lipinski definition) is 1. The summed E-state index contributed by atoms with van der Waals surface area (Å²) in [6.45, 7) is 5.31. The molecule has 0 aromatic rings. The van der Waals surface area contributed by atoms with Crippen molar-refractivity contribution in [3.63, 3.8) is 0 Å². The highest BCUT2D eigenvalue weighted by Crippen LogP contribution is 2.20. The van der Waals surface area contributed by atoms with Crippen molar-refractivity contribution in [1.82, 2.24) is 5.32 Å². The lowest BCUT2D eigenvalue weighted by Crippen LogP contribution is -2.33. The maximum absolute atomic E-state index is 10.9. The highest BCUT2D eigenvalue weighted by Gasteiger charge is 2.19. The Labute approximate surface area is 68.4 Å². The minimum atomic E-state index is 0.238. The van der Waals surface area contributed by atoms with Crippen LogP contribution in [0.3, 0.4) is 0 Å². The molecule has 1 unspecified atom stereocenters. The summed E-state index contributed by atoms with van der Waals surface area (Å²) < 4.78 is 0. The number of carbonyl (C=O) groups is 1. The van der Waals surface area contributed by atoms with Crippen LogP contribution in [0.4, 0.5) is 0 Å². The zero-order valence-electron chi connectivity index (χ0n) is 7.39. The molecule has 1 aliphatic rings. The molecule has 1 heterocycles. The SMILES string of the molecule is CC(C)CC1CCNC(=O)C1. The van der Waals surface area contributed by atoms with Gasteiger partial charge in [0.2, 0.25) is 5.91 Å². The van der Waals surface area contributed by atoms with Gasteiger partial charge in [-0.25, -0.2) is 0 Å². The van der Waals surface area contributed by atoms with E-state index in [1.165, 1.54) is 12.8 Å². The van der Waals surface area contributed by atoms with Crippen molar-refractivity contribution in [1.29, 1.82) is 0 Å². The van der Waals surface area contributed by atoms with Gasteiger partial charge in [-0.1, -0.05) is 13.8 Å². The van der Waals surface area contributed by atoms with Gasteiger partial charge >= 0.3 is 0 Å². The average molecular weight is 155 g/mol. The summed E-state index contributed by atoms with van der Waals surface area (Å²) in [5, 5.41) is 2.85. The Morgan fingerprint density at radius 2 is 2.36 bits per heavy atom. The van der Waals surface area contributed by atoms with Crippen molar-refractivity contribution < 1.29 is 4.79 Å². The molecule has 0 aliphatic carbocycles. The number of rotatable bonds is 2. The molecule has 0 saturated carbocycles. The average Bonchev–Trinajstić information content (AvgIpc) is 1.85. The Balaban J connectivity index is 2.28. The molecule has 0 spiro atoms. The lowest BCUT2D eigenvalue weighted by Gasteiger charge is -2.23. The van der Waals surface area contributed by atoms with E-state index < -0.39 is 0 Å². The topological polar surface area (TPSA) is 29.1 Å². The summed E-state index contributed by atoms with van der Waals surface area (Å²) in [6, 6.07) is 0. The lowest BCUT2D eigenvalue weighted by molar-refractivity contribution is -0.123. The molecule has 0 bridgehead atoms. The van der Waals surface area contributed by atoms with Crippen LogP contribution in [0.15, 0.2) is 0 Å². The first-order chi connectivity index (χ1) is 5.18. The predicted octanol–water partition coefficient (Wildman–Crippen LogP) is 1.56. The van der Waals surface area contributed by atoms with Crippen LogP contribution in [0.1, 0.15) is 33.1 Å². The van der Waals surface area contributed by atoms with Crippen molar-refractivity contribution in [3.05, 3.63) is 0 Å². The molecule has 2 heteroatoms. The van der Waals surface area contributed by atoms with Gasteiger partial charge in [-0.3, -0.25) is 4.79 Å². The molecule has 1 atom stereocenters. The number of nitrogens with one attached hydrogen (secondary N) is 1. The van der Waals surface area contributed by atoms with Gasteiger partial charge in [0.1, 0.15) is 0 Å². The number of amides is 1. The second-order valence-electron chi connectivity index (χ2n) is 3.84. The largest absolute Gasteiger partial charge is 0.356 e. The first kappa shape index (κ1) is 8.57. The smallest absolute Gasteiger partial charge is 0.220 e. The van der Waals surface area contributed by atoms with Crippen molar-refractivity contribution in [3.8, 4) is 0 Å². The Hall–Kier alpha value is -0.530. The van der Waals surface area contributed by atoms with Gasteiger partial charge in [0.15, 0.2) is 0 Å². The standard InChI is InChI=1S/C9H17NO/c1-7(2)5-8-3-4-10-9(11)6-8/h7-8H,3-6H2,1-2H3,(H,10,11). The van der Waals surface area contributed by atoms with E-state index in [1.54, 1.807) is 0 Å². The minimum absolute atomic E-state index is 0.238. The highest BCUT2D eigenvalue weighted by atomic mass is 16.1. The van der Waals surface area contributed by atoms with E-state index in [9.17, 15) is 4.79 Å². The number of carbonyl (C=O) groups excluding carboxylic acids is 1. The lowest BCUT2D eigenvalue weighted by atomic mass is 9.89. The van der Waals surface area contributed by atoms with E-state index in [4.69, 9.17) is 0 Å². The summed E-state index contributed by atoms with van der Waals surface area (Å²) in [7, 11) is 0. The monoisotopic (exact) mass is 155 g/mol. The Morgan fingerprint density at radius 3 is 2.91 bits per heavy atom. The minimum Gasteiger partial charge on any atom is -0.356 e. The van der Waals surface area contributed by atoms with Crippen LogP contribution < -0.4 is 5.32 Å². The third-order valence-electron chi connectivity index (χ3n) is 2.15. The molecule has 1 rings (SSSR count). The number of piperidine rings is 1. The van der Waals surface area contributed by atoms with E-state index in [0.29, 0.717) is 5.92 Å². The van der Waals surface area contributed by atoms with Crippen LogP contribution in [0.25, 0.3) is 0 Å². The van der Waals surface area contributed by atoms with Crippen molar-refractivity contribution in [2.75, 3.05) is 6.54 Å². The van der Waals surface area contributed by atoms with Gasteiger partial charge in [0.05, 0.1) is 0 Å². The van der Waals surface area contributed by atoms with Crippen molar-refractivity contribution >= 4 is 5.91 Å². The summed E-state index contributed by atoms with van der Waals surface area (Å²) >= 11 is 0. The molecule has 2 nitrogen and oxygen atoms in total. The Kier molecular flexibility index (Phi) is 2.92. The van der Waals surface area contributed by atoms with Crippen molar-refractivity contribution in [2.45, 2.75) is 33.1 Å². The second-order valence-corrected chi connectivity index (χ2v) is 3.84. The van der Waals surface area contributed by atoms with Crippen LogP contribution in [0.2, 0.25) is 0 Å². The fourth-order valence-electron chi connectivity index (χ4n) is 1.72. The zero-order chi connectivity index (χ0) is 8.27. The fraction of sp³-hybridized carbons (Fsp3) is 0.889. The maximum Gasteiger partial charge on any atom is 0.220 e. The van der Waals surface area contributed by atoms with Crippen LogP contribution in [0.5, 0.6) is 0 Å². The first-order valence-electron chi connectivity index (χ1n) is 4.45. The Bertz CT molecular complexity index is 142. The molecule has 11 heavy (non-hydrogen) atoms. The zero-order valence-corrected chi connectivity index (χ0v) is 7.39. The summed E-state index contributed by atoms with van der Waals surface area (Å²) in [4.78, 5) is 10.9. The van der Waals surface area contributed by atoms with Gasteiger partial charge < -0.3 is 5.32 Å². The molecule has 1 N–H and O–H groups in total. The molecule has 0 aromatic heterocycles. The molecule has 64 valence electrons. The van der Waals surface area contributed by atoms with E-state index >= 15 is 0 Å². The molecular weight excluding hydrogens is 138 g/mol. The van der Waals surface area contributed by atoms with Gasteiger partial charge in [0.25, 0.3) is 0 Å². The summed E-state index contributed by atoms with van der Waals surface area (Å²) in [5.41, 5.74) is 0.